The Morgan fingerprint density at radius 1 is 0.435 bits per heavy atom. The molecule has 0 aromatic heterocycles. The Balaban J connectivity index is 1.14. The molecular weight excluding hydrogens is 745 g/mol. The van der Waals surface area contributed by atoms with E-state index in [0.717, 1.165) is 12.8 Å². The average Bonchev–Trinajstić information content (AvgIpc) is 3.81. The van der Waals surface area contributed by atoms with Crippen LogP contribution in [0.15, 0.2) is 194 Å². The van der Waals surface area contributed by atoms with Crippen LogP contribution in [-0.2, 0) is 0 Å². The van der Waals surface area contributed by atoms with Crippen molar-refractivity contribution in [2.24, 2.45) is 17.3 Å². The summed E-state index contributed by atoms with van der Waals surface area (Å²) in [7, 11) is 0. The fraction of sp³-hybridized carbons (Fsp3) is 0.129. The molecule has 0 aliphatic heterocycles. The number of hydrogen-bond acceptors (Lipinski definition) is 0. The highest BCUT2D eigenvalue weighted by atomic mass is 14.5. The lowest BCUT2D eigenvalue weighted by Crippen LogP contribution is -2.23. The second-order valence-electron chi connectivity index (χ2n) is 18.9. The normalized spacial score (nSPS) is 18.4. The second kappa shape index (κ2) is 13.2. The predicted molar refractivity (Wildman–Crippen MR) is 265 cm³/mol. The Kier molecular flexibility index (Phi) is 7.63. The molecule has 0 spiro atoms. The molecular formula is C62H46. The van der Waals surface area contributed by atoms with E-state index in [-0.39, 0.29) is 17.3 Å². The van der Waals surface area contributed by atoms with E-state index in [0.29, 0.717) is 0 Å². The first kappa shape index (κ1) is 35.7. The van der Waals surface area contributed by atoms with Gasteiger partial charge in [-0.3, -0.25) is 0 Å². The van der Waals surface area contributed by atoms with Crippen molar-refractivity contribution in [1.29, 1.82) is 0 Å². The summed E-state index contributed by atoms with van der Waals surface area (Å²) in [5, 5.41) is 7.89. The Morgan fingerprint density at radius 3 is 1.74 bits per heavy atom. The molecule has 5 aliphatic rings. The zero-order chi connectivity index (χ0) is 41.3. The third-order valence-electron chi connectivity index (χ3n) is 14.6. The van der Waals surface area contributed by atoms with Crippen molar-refractivity contribution >= 4 is 60.2 Å². The van der Waals surface area contributed by atoms with Crippen LogP contribution in [0.1, 0.15) is 61.4 Å². The molecule has 0 nitrogen and oxygen atoms in total. The Labute approximate surface area is 364 Å². The van der Waals surface area contributed by atoms with Gasteiger partial charge in [0.15, 0.2) is 0 Å². The van der Waals surface area contributed by atoms with Gasteiger partial charge in [0.05, 0.1) is 0 Å². The summed E-state index contributed by atoms with van der Waals surface area (Å²) in [5.41, 5.74) is 23.6. The number of fused-ring (bicyclic) bond motifs is 9. The third-order valence-corrected chi connectivity index (χ3v) is 14.6. The van der Waals surface area contributed by atoms with Gasteiger partial charge in [-0.25, -0.2) is 0 Å². The van der Waals surface area contributed by atoms with Gasteiger partial charge in [0.2, 0.25) is 0 Å². The molecule has 13 rings (SSSR count). The van der Waals surface area contributed by atoms with Crippen LogP contribution in [0.4, 0.5) is 0 Å². The Morgan fingerprint density at radius 2 is 1.03 bits per heavy atom. The summed E-state index contributed by atoms with van der Waals surface area (Å²) in [5.74, 6) is 0.486. The average molecular weight is 791 g/mol. The predicted octanol–water partition coefficient (Wildman–Crippen LogP) is 16.8. The lowest BCUT2D eigenvalue weighted by Gasteiger charge is -2.36. The van der Waals surface area contributed by atoms with Gasteiger partial charge >= 0.3 is 0 Å². The van der Waals surface area contributed by atoms with Crippen molar-refractivity contribution in [3.8, 4) is 33.4 Å². The molecule has 0 heterocycles. The van der Waals surface area contributed by atoms with Crippen molar-refractivity contribution in [2.45, 2.75) is 33.6 Å². The van der Waals surface area contributed by atoms with Crippen LogP contribution in [-0.4, -0.2) is 0 Å². The molecule has 0 saturated carbocycles. The highest BCUT2D eigenvalue weighted by Gasteiger charge is 2.51. The van der Waals surface area contributed by atoms with Gasteiger partial charge in [-0.1, -0.05) is 191 Å². The van der Waals surface area contributed by atoms with Gasteiger partial charge in [0.25, 0.3) is 0 Å². The first-order valence-electron chi connectivity index (χ1n) is 22.5. The maximum absolute atomic E-state index is 2.64. The van der Waals surface area contributed by atoms with Gasteiger partial charge in [-0.15, -0.1) is 0 Å². The number of benzene rings is 8. The van der Waals surface area contributed by atoms with E-state index in [4.69, 9.17) is 0 Å². The topological polar surface area (TPSA) is 0 Å². The van der Waals surface area contributed by atoms with Gasteiger partial charge in [-0.05, 0) is 163 Å². The van der Waals surface area contributed by atoms with E-state index in [1.807, 2.05) is 0 Å². The van der Waals surface area contributed by atoms with E-state index < -0.39 is 0 Å². The highest BCUT2D eigenvalue weighted by molar-refractivity contribution is 6.24. The minimum Gasteiger partial charge on any atom is -0.0842 e. The molecule has 0 fully saturated rings. The summed E-state index contributed by atoms with van der Waals surface area (Å²) in [6.45, 7) is 7.27. The van der Waals surface area contributed by atoms with Crippen molar-refractivity contribution in [3.63, 3.8) is 0 Å². The molecule has 8 aromatic carbocycles. The zero-order valence-corrected chi connectivity index (χ0v) is 35.5. The molecule has 0 heteroatoms. The van der Waals surface area contributed by atoms with Crippen molar-refractivity contribution in [2.75, 3.05) is 0 Å². The maximum atomic E-state index is 2.64. The van der Waals surface area contributed by atoms with Crippen LogP contribution in [0, 0.1) is 17.3 Å². The Bertz CT molecular complexity index is 3460. The fourth-order valence-electron chi connectivity index (χ4n) is 12.1. The van der Waals surface area contributed by atoms with Gasteiger partial charge in [0.1, 0.15) is 0 Å². The lowest BCUT2D eigenvalue weighted by molar-refractivity contribution is 0.511. The molecule has 0 amide bonds. The molecule has 2 unspecified atom stereocenters. The van der Waals surface area contributed by atoms with Gasteiger partial charge in [-0.2, -0.15) is 0 Å². The van der Waals surface area contributed by atoms with E-state index in [2.05, 4.69) is 209 Å². The SMILES string of the molecule is CC(C)(C)C1=C2c3cc4ccccc4c(-c4ccccc4)c3C3=CC=C4c5cc6c(-c7ccccc7)c7ccccc7c(-c7ccccc7C7=CC=CCC7)c6cc5C(=C1)C4C32. The third kappa shape index (κ3) is 5.01. The van der Waals surface area contributed by atoms with Crippen LogP contribution in [0.3, 0.4) is 0 Å². The number of allylic oxidation sites excluding steroid dienone is 12. The van der Waals surface area contributed by atoms with Crippen LogP contribution in [0.25, 0.3) is 93.6 Å². The smallest absolute Gasteiger partial charge is 0.0215 e. The fourth-order valence-corrected chi connectivity index (χ4v) is 12.1. The van der Waals surface area contributed by atoms with Crippen molar-refractivity contribution in [1.82, 2.24) is 0 Å². The zero-order valence-electron chi connectivity index (χ0n) is 35.5. The molecule has 62 heavy (non-hydrogen) atoms. The molecule has 294 valence electrons. The summed E-state index contributed by atoms with van der Waals surface area (Å²) in [6, 6.07) is 57.4. The van der Waals surface area contributed by atoms with Crippen molar-refractivity contribution in [3.05, 3.63) is 222 Å². The van der Waals surface area contributed by atoms with Gasteiger partial charge in [0, 0.05) is 11.8 Å². The molecule has 2 atom stereocenters. The summed E-state index contributed by atoms with van der Waals surface area (Å²) >= 11 is 0. The lowest BCUT2D eigenvalue weighted by atomic mass is 9.66. The van der Waals surface area contributed by atoms with Crippen molar-refractivity contribution < 1.29 is 0 Å². The van der Waals surface area contributed by atoms with Crippen LogP contribution in [0.5, 0.6) is 0 Å². The molecule has 0 N–H and O–H groups in total. The summed E-state index contributed by atoms with van der Waals surface area (Å²) in [4.78, 5) is 0. The van der Waals surface area contributed by atoms with E-state index >= 15 is 0 Å². The molecule has 0 radical (unpaired) electrons. The largest absolute Gasteiger partial charge is 0.0842 e. The minimum absolute atomic E-state index is 0.0670. The molecule has 5 aliphatic carbocycles. The molecule has 0 bridgehead atoms. The summed E-state index contributed by atoms with van der Waals surface area (Å²) < 4.78 is 0. The van der Waals surface area contributed by atoms with E-state index in [9.17, 15) is 0 Å². The first-order chi connectivity index (χ1) is 30.4. The minimum atomic E-state index is -0.0670. The van der Waals surface area contributed by atoms with Crippen LogP contribution >= 0.6 is 0 Å². The number of hydrogen-bond donors (Lipinski definition) is 0. The maximum Gasteiger partial charge on any atom is 0.0215 e. The Hall–Kier alpha value is -7.02. The molecule has 8 aromatic rings. The first-order valence-corrected chi connectivity index (χ1v) is 22.5. The van der Waals surface area contributed by atoms with E-state index in [1.165, 1.54) is 127 Å². The standard InChI is InChI=1S/C62H46/c1-62(2,3)54-36-52-49-35-51-50(55(38-21-9-5-10-22-38)44-29-17-18-30-45(44)57(51)43-28-16-15-26-41(43)37-19-7-4-8-20-37)34-48(49)46-31-32-47-59-53(60(54)61(47)58(46)52)33-40-25-13-14-27-42(40)56(59)39-23-11-6-12-24-39/h4-7,9-19,21-36,58,61H,8,20H2,1-3H3. The van der Waals surface area contributed by atoms with Crippen LogP contribution in [0.2, 0.25) is 0 Å². The van der Waals surface area contributed by atoms with Crippen LogP contribution < -0.4 is 0 Å². The monoisotopic (exact) mass is 790 g/mol. The second-order valence-corrected chi connectivity index (χ2v) is 18.9. The quantitative estimate of drug-likeness (QED) is 0.156. The highest BCUT2D eigenvalue weighted by Crippen LogP contribution is 2.67. The van der Waals surface area contributed by atoms with Gasteiger partial charge < -0.3 is 0 Å². The van der Waals surface area contributed by atoms with E-state index in [1.54, 1.807) is 0 Å². The summed E-state index contributed by atoms with van der Waals surface area (Å²) in [6.07, 6.45) is 16.6. The molecule has 0 saturated heterocycles. The number of rotatable bonds is 4.